The van der Waals surface area contributed by atoms with Crippen molar-refractivity contribution in [1.29, 1.82) is 0 Å². The third-order valence-electron chi connectivity index (χ3n) is 8.19. The van der Waals surface area contributed by atoms with E-state index in [-0.39, 0.29) is 17.9 Å². The van der Waals surface area contributed by atoms with E-state index < -0.39 is 12.1 Å². The molecule has 8 nitrogen and oxygen atoms in total. The minimum Gasteiger partial charge on any atom is -0.465 e. The Bertz CT molecular complexity index is 1280. The normalized spacial score (nSPS) is 20.0. The van der Waals surface area contributed by atoms with E-state index in [9.17, 15) is 14.7 Å². The van der Waals surface area contributed by atoms with Gasteiger partial charge >= 0.3 is 6.09 Å². The number of rotatable bonds is 8. The van der Waals surface area contributed by atoms with Crippen molar-refractivity contribution in [3.05, 3.63) is 71.7 Å². The number of hydrogen-bond donors (Lipinski definition) is 3. The van der Waals surface area contributed by atoms with Crippen LogP contribution in [0.1, 0.15) is 75.5 Å². The van der Waals surface area contributed by atoms with E-state index in [0.717, 1.165) is 49.3 Å². The minimum absolute atomic E-state index is 0.146. The lowest BCUT2D eigenvalue weighted by atomic mass is 10.0. The summed E-state index contributed by atoms with van der Waals surface area (Å²) in [5, 5.41) is 11.6. The van der Waals surface area contributed by atoms with Gasteiger partial charge in [-0.3, -0.25) is 4.79 Å². The van der Waals surface area contributed by atoms with E-state index in [4.69, 9.17) is 0 Å². The lowest BCUT2D eigenvalue weighted by Crippen LogP contribution is -2.50. The maximum Gasteiger partial charge on any atom is 0.405 e. The van der Waals surface area contributed by atoms with Gasteiger partial charge in [-0.1, -0.05) is 57.2 Å². The largest absolute Gasteiger partial charge is 0.465 e. The van der Waals surface area contributed by atoms with Crippen molar-refractivity contribution in [1.82, 2.24) is 20.2 Å². The molecule has 206 valence electrons. The summed E-state index contributed by atoms with van der Waals surface area (Å²) in [6.45, 7) is 7.55. The van der Waals surface area contributed by atoms with Crippen LogP contribution in [0.3, 0.4) is 0 Å². The number of carbonyl (C=O) groups excluding carboxylic acids is 1. The van der Waals surface area contributed by atoms with Gasteiger partial charge in [-0.15, -0.1) is 0 Å². The molecule has 3 atom stereocenters. The molecule has 0 spiro atoms. The molecular weight excluding hydrogens is 490 g/mol. The SMILES string of the molecule is CCc1ccc(N2CCC[C@H]2c2ccc(-c3cnc([C@@H]4CCCN4C(=O)[C@@H](NC(=O)O)C(C)C)[nH]3)cc2)cc1. The molecule has 2 aliphatic rings. The molecule has 0 aliphatic carbocycles. The van der Waals surface area contributed by atoms with Crippen LogP contribution in [0.15, 0.2) is 54.7 Å². The Morgan fingerprint density at radius 3 is 2.38 bits per heavy atom. The molecule has 0 bridgehead atoms. The monoisotopic (exact) mass is 529 g/mol. The minimum atomic E-state index is -1.18. The van der Waals surface area contributed by atoms with Gasteiger partial charge in [-0.2, -0.15) is 0 Å². The second-order valence-corrected chi connectivity index (χ2v) is 11.0. The third-order valence-corrected chi connectivity index (χ3v) is 8.19. The molecule has 8 heteroatoms. The van der Waals surface area contributed by atoms with Gasteiger partial charge in [-0.25, -0.2) is 9.78 Å². The summed E-state index contributed by atoms with van der Waals surface area (Å²) < 4.78 is 0. The maximum absolute atomic E-state index is 13.3. The average Bonchev–Trinajstić information content (AvgIpc) is 3.71. The maximum atomic E-state index is 13.3. The van der Waals surface area contributed by atoms with Crippen molar-refractivity contribution in [2.75, 3.05) is 18.0 Å². The highest BCUT2D eigenvalue weighted by Gasteiger charge is 2.37. The third kappa shape index (κ3) is 5.65. The fraction of sp³-hybridized carbons (Fsp3) is 0.452. The first kappa shape index (κ1) is 26.8. The molecule has 2 fully saturated rings. The Morgan fingerprint density at radius 1 is 1.03 bits per heavy atom. The van der Waals surface area contributed by atoms with Gasteiger partial charge in [0.15, 0.2) is 0 Å². The van der Waals surface area contributed by atoms with E-state index in [0.29, 0.717) is 12.6 Å². The molecule has 0 saturated carbocycles. The van der Waals surface area contributed by atoms with Crippen LogP contribution in [0.5, 0.6) is 0 Å². The summed E-state index contributed by atoms with van der Waals surface area (Å²) >= 11 is 0. The van der Waals surface area contributed by atoms with E-state index in [2.05, 4.69) is 75.6 Å². The Labute approximate surface area is 230 Å². The zero-order chi connectivity index (χ0) is 27.5. The number of nitrogens with one attached hydrogen (secondary N) is 2. The average molecular weight is 530 g/mol. The van der Waals surface area contributed by atoms with Gasteiger partial charge in [0.2, 0.25) is 5.91 Å². The molecule has 3 heterocycles. The molecule has 5 rings (SSSR count). The molecule has 1 aromatic heterocycles. The quantitative estimate of drug-likeness (QED) is 0.335. The number of likely N-dealkylation sites (tertiary alicyclic amines) is 1. The summed E-state index contributed by atoms with van der Waals surface area (Å²) in [6, 6.07) is 17.1. The number of amides is 2. The van der Waals surface area contributed by atoms with Gasteiger partial charge in [0.25, 0.3) is 0 Å². The van der Waals surface area contributed by atoms with Crippen molar-refractivity contribution in [2.24, 2.45) is 5.92 Å². The first-order valence-corrected chi connectivity index (χ1v) is 14.2. The van der Waals surface area contributed by atoms with Crippen LogP contribution in [0.2, 0.25) is 0 Å². The Hall–Kier alpha value is -3.81. The number of H-pyrrole nitrogens is 1. The van der Waals surface area contributed by atoms with Crippen LogP contribution in [-0.2, 0) is 11.2 Å². The Kier molecular flexibility index (Phi) is 7.91. The van der Waals surface area contributed by atoms with Gasteiger partial charge in [-0.05, 0) is 66.8 Å². The van der Waals surface area contributed by atoms with Crippen LogP contribution >= 0.6 is 0 Å². The molecule has 2 amide bonds. The lowest BCUT2D eigenvalue weighted by Gasteiger charge is -2.29. The van der Waals surface area contributed by atoms with Crippen molar-refractivity contribution >= 4 is 17.7 Å². The second kappa shape index (κ2) is 11.5. The van der Waals surface area contributed by atoms with Crippen LogP contribution in [0.4, 0.5) is 10.5 Å². The highest BCUT2D eigenvalue weighted by Crippen LogP contribution is 2.37. The lowest BCUT2D eigenvalue weighted by molar-refractivity contribution is -0.135. The molecule has 0 unspecified atom stereocenters. The molecule has 2 aromatic carbocycles. The van der Waals surface area contributed by atoms with Crippen LogP contribution in [0.25, 0.3) is 11.3 Å². The number of benzene rings is 2. The van der Waals surface area contributed by atoms with Crippen LogP contribution < -0.4 is 10.2 Å². The fourth-order valence-electron chi connectivity index (χ4n) is 6.02. The molecular formula is C31H39N5O3. The highest BCUT2D eigenvalue weighted by atomic mass is 16.4. The number of nitrogens with zero attached hydrogens (tertiary/aromatic N) is 3. The summed E-state index contributed by atoms with van der Waals surface area (Å²) in [5.74, 6) is 0.407. The summed E-state index contributed by atoms with van der Waals surface area (Å²) in [4.78, 5) is 36.9. The number of carboxylic acid groups (broad SMARTS) is 1. The van der Waals surface area contributed by atoms with E-state index in [1.807, 2.05) is 20.0 Å². The van der Waals surface area contributed by atoms with Gasteiger partial charge in [0.1, 0.15) is 11.9 Å². The predicted octanol–water partition coefficient (Wildman–Crippen LogP) is 5.94. The van der Waals surface area contributed by atoms with E-state index in [1.165, 1.54) is 23.2 Å². The number of aromatic amines is 1. The number of imidazole rings is 1. The summed E-state index contributed by atoms with van der Waals surface area (Å²) in [6.07, 6.45) is 5.68. The van der Waals surface area contributed by atoms with Gasteiger partial charge < -0.3 is 25.2 Å². The Balaban J connectivity index is 1.30. The van der Waals surface area contributed by atoms with Crippen molar-refractivity contribution in [3.8, 4) is 11.3 Å². The summed E-state index contributed by atoms with van der Waals surface area (Å²) in [7, 11) is 0. The van der Waals surface area contributed by atoms with E-state index in [1.54, 1.807) is 4.90 Å². The smallest absolute Gasteiger partial charge is 0.405 e. The predicted molar refractivity (Wildman–Crippen MR) is 153 cm³/mol. The zero-order valence-electron chi connectivity index (χ0n) is 23.1. The number of aryl methyl sites for hydroxylation is 1. The number of carbonyl (C=O) groups is 2. The summed E-state index contributed by atoms with van der Waals surface area (Å²) in [5.41, 5.74) is 5.93. The molecule has 39 heavy (non-hydrogen) atoms. The fourth-order valence-corrected chi connectivity index (χ4v) is 6.02. The van der Waals surface area contributed by atoms with E-state index >= 15 is 0 Å². The zero-order valence-corrected chi connectivity index (χ0v) is 23.1. The number of anilines is 1. The van der Waals surface area contributed by atoms with Crippen molar-refractivity contribution in [2.45, 2.75) is 71.0 Å². The second-order valence-electron chi connectivity index (χ2n) is 11.0. The number of hydrogen-bond acceptors (Lipinski definition) is 4. The van der Waals surface area contributed by atoms with Gasteiger partial charge in [0, 0.05) is 18.8 Å². The molecule has 0 radical (unpaired) electrons. The molecule has 3 N–H and O–H groups in total. The standard InChI is InChI=1S/C31H39N5O3/c1-4-21-9-15-24(16-10-21)35-17-5-7-26(35)23-13-11-22(12-14-23)25-19-32-29(33-25)27-8-6-18-36(27)30(37)28(20(2)3)34-31(38)39/h9-16,19-20,26-28,34H,4-8,17-18H2,1-3H3,(H,32,33)(H,38,39)/t26-,27-,28-/m0/s1. The van der Waals surface area contributed by atoms with Crippen LogP contribution in [0, 0.1) is 5.92 Å². The van der Waals surface area contributed by atoms with Gasteiger partial charge in [0.05, 0.1) is 24.0 Å². The number of aromatic nitrogens is 2. The first-order chi connectivity index (χ1) is 18.9. The van der Waals surface area contributed by atoms with Crippen molar-refractivity contribution < 1.29 is 14.7 Å². The topological polar surface area (TPSA) is 102 Å². The molecule has 2 aliphatic heterocycles. The first-order valence-electron chi connectivity index (χ1n) is 14.2. The Morgan fingerprint density at radius 2 is 1.72 bits per heavy atom. The van der Waals surface area contributed by atoms with Crippen LogP contribution in [-0.4, -0.2) is 51.1 Å². The van der Waals surface area contributed by atoms with Crippen molar-refractivity contribution in [3.63, 3.8) is 0 Å². The highest BCUT2D eigenvalue weighted by molar-refractivity contribution is 5.86. The molecule has 3 aromatic rings. The molecule has 2 saturated heterocycles.